The van der Waals surface area contributed by atoms with Crippen LogP contribution in [-0.2, 0) is 10.0 Å². The molecule has 26 heavy (non-hydrogen) atoms. The highest BCUT2D eigenvalue weighted by Gasteiger charge is 2.32. The Kier molecular flexibility index (Phi) is 5.65. The summed E-state index contributed by atoms with van der Waals surface area (Å²) < 4.78 is 27.0. The Bertz CT molecular complexity index is 949. The molecular weight excluding hydrogens is 415 g/mol. The number of amides is 1. The van der Waals surface area contributed by atoms with Gasteiger partial charge in [0.25, 0.3) is 5.91 Å². The van der Waals surface area contributed by atoms with E-state index in [9.17, 15) is 13.2 Å². The monoisotopic (exact) mass is 432 g/mol. The van der Waals surface area contributed by atoms with Gasteiger partial charge in [-0.1, -0.05) is 29.3 Å². The number of hydrogen-bond donors (Lipinski definition) is 0. The highest BCUT2D eigenvalue weighted by Crippen LogP contribution is 2.31. The number of benzene rings is 1. The van der Waals surface area contributed by atoms with E-state index in [-0.39, 0.29) is 33.9 Å². The average Bonchev–Trinajstić information content (AvgIpc) is 2.95. The Hall–Kier alpha value is -1.12. The van der Waals surface area contributed by atoms with Crippen LogP contribution in [0.5, 0.6) is 0 Å². The highest BCUT2D eigenvalue weighted by atomic mass is 35.5. The number of halogens is 2. The van der Waals surface area contributed by atoms with Crippen LogP contribution in [-0.4, -0.2) is 49.7 Å². The molecule has 0 radical (unpaired) electrons. The van der Waals surface area contributed by atoms with Gasteiger partial charge in [0, 0.05) is 35.9 Å². The van der Waals surface area contributed by atoms with Crippen LogP contribution >= 0.6 is 34.5 Å². The zero-order valence-corrected chi connectivity index (χ0v) is 17.5. The lowest BCUT2D eigenvalue weighted by molar-refractivity contribution is 0.0697. The minimum Gasteiger partial charge on any atom is -0.336 e. The molecular formula is C17H18Cl2N2O3S2. The van der Waals surface area contributed by atoms with Gasteiger partial charge in [-0.25, -0.2) is 8.42 Å². The van der Waals surface area contributed by atoms with E-state index in [1.54, 1.807) is 28.4 Å². The summed E-state index contributed by atoms with van der Waals surface area (Å²) in [6.45, 7) is 5.01. The molecule has 1 aliphatic heterocycles. The Morgan fingerprint density at radius 2 is 1.77 bits per heavy atom. The molecule has 1 fully saturated rings. The molecule has 1 aliphatic rings. The third-order valence-corrected chi connectivity index (χ3v) is 8.17. The molecule has 0 saturated carbocycles. The van der Waals surface area contributed by atoms with Crippen molar-refractivity contribution in [3.63, 3.8) is 0 Å². The van der Waals surface area contributed by atoms with E-state index >= 15 is 0 Å². The van der Waals surface area contributed by atoms with Gasteiger partial charge in [-0.05, 0) is 32.0 Å². The van der Waals surface area contributed by atoms with Crippen LogP contribution in [0.25, 0.3) is 0 Å². The number of thiophene rings is 1. The molecule has 0 spiro atoms. The average molecular weight is 433 g/mol. The van der Waals surface area contributed by atoms with Gasteiger partial charge in [0.2, 0.25) is 10.0 Å². The van der Waals surface area contributed by atoms with Gasteiger partial charge in [0.1, 0.15) is 4.90 Å². The second-order valence-electron chi connectivity index (χ2n) is 6.08. The van der Waals surface area contributed by atoms with Crippen molar-refractivity contribution in [2.45, 2.75) is 18.7 Å². The van der Waals surface area contributed by atoms with Crippen LogP contribution in [0.15, 0.2) is 29.2 Å². The van der Waals surface area contributed by atoms with E-state index in [0.717, 1.165) is 9.75 Å². The van der Waals surface area contributed by atoms with Crippen molar-refractivity contribution in [1.82, 2.24) is 9.21 Å². The summed E-state index contributed by atoms with van der Waals surface area (Å²) in [6, 6.07) is 6.43. The summed E-state index contributed by atoms with van der Waals surface area (Å²) in [4.78, 5) is 16.4. The molecule has 0 atom stereocenters. The van der Waals surface area contributed by atoms with E-state index in [1.165, 1.54) is 10.4 Å². The molecule has 3 rings (SSSR count). The number of piperazine rings is 1. The molecule has 0 bridgehead atoms. The van der Waals surface area contributed by atoms with Crippen molar-refractivity contribution in [3.05, 3.63) is 49.6 Å². The summed E-state index contributed by atoms with van der Waals surface area (Å²) in [7, 11) is -3.75. The van der Waals surface area contributed by atoms with E-state index in [1.807, 2.05) is 19.9 Å². The van der Waals surface area contributed by atoms with E-state index in [2.05, 4.69) is 0 Å². The Labute approximate surface area is 167 Å². The van der Waals surface area contributed by atoms with Gasteiger partial charge in [0.05, 0.1) is 15.6 Å². The van der Waals surface area contributed by atoms with Crippen molar-refractivity contribution in [1.29, 1.82) is 0 Å². The lowest BCUT2D eigenvalue weighted by Gasteiger charge is -2.34. The summed E-state index contributed by atoms with van der Waals surface area (Å²) in [5.74, 6) is -0.0512. The molecule has 1 saturated heterocycles. The fourth-order valence-corrected chi connectivity index (χ4v) is 6.04. The van der Waals surface area contributed by atoms with E-state index in [0.29, 0.717) is 18.7 Å². The Morgan fingerprint density at radius 3 is 2.35 bits per heavy atom. The lowest BCUT2D eigenvalue weighted by Crippen LogP contribution is -2.50. The summed E-state index contributed by atoms with van der Waals surface area (Å²) >= 11 is 13.6. The largest absolute Gasteiger partial charge is 0.336 e. The predicted molar refractivity (Wildman–Crippen MR) is 105 cm³/mol. The fraction of sp³-hybridized carbons (Fsp3) is 0.353. The van der Waals surface area contributed by atoms with Gasteiger partial charge in [-0.15, -0.1) is 11.3 Å². The molecule has 2 aromatic rings. The van der Waals surface area contributed by atoms with E-state index < -0.39 is 10.0 Å². The number of rotatable bonds is 3. The highest BCUT2D eigenvalue weighted by molar-refractivity contribution is 7.89. The first-order valence-corrected chi connectivity index (χ1v) is 11.0. The maximum atomic E-state index is 12.8. The summed E-state index contributed by atoms with van der Waals surface area (Å²) in [6.07, 6.45) is 0. The molecule has 1 aromatic carbocycles. The molecule has 1 aromatic heterocycles. The first-order chi connectivity index (χ1) is 12.2. The smallest absolute Gasteiger partial charge is 0.255 e. The van der Waals surface area contributed by atoms with Crippen LogP contribution in [0.4, 0.5) is 0 Å². The quantitative estimate of drug-likeness (QED) is 0.740. The van der Waals surface area contributed by atoms with Gasteiger partial charge in [-0.3, -0.25) is 4.79 Å². The molecule has 9 heteroatoms. The van der Waals surface area contributed by atoms with Crippen molar-refractivity contribution in [3.8, 4) is 0 Å². The van der Waals surface area contributed by atoms with Crippen LogP contribution in [0, 0.1) is 13.8 Å². The Morgan fingerprint density at radius 1 is 1.12 bits per heavy atom. The number of aryl methyl sites for hydroxylation is 2. The van der Waals surface area contributed by atoms with Crippen LogP contribution in [0.1, 0.15) is 20.1 Å². The van der Waals surface area contributed by atoms with Crippen molar-refractivity contribution in [2.75, 3.05) is 26.2 Å². The Balaban J connectivity index is 1.75. The minimum atomic E-state index is -3.75. The topological polar surface area (TPSA) is 57.7 Å². The normalized spacial score (nSPS) is 16.1. The molecule has 2 heterocycles. The second kappa shape index (κ2) is 7.48. The number of carbonyl (C=O) groups is 1. The fourth-order valence-electron chi connectivity index (χ4n) is 2.97. The minimum absolute atomic E-state index is 0.00394. The number of carbonyl (C=O) groups excluding carboxylic acids is 1. The summed E-state index contributed by atoms with van der Waals surface area (Å²) in [5, 5.41) is 0.224. The van der Waals surface area contributed by atoms with Crippen LogP contribution in [0.2, 0.25) is 10.0 Å². The van der Waals surface area contributed by atoms with Crippen molar-refractivity contribution >= 4 is 50.5 Å². The predicted octanol–water partition coefficient (Wildman–Crippen LogP) is 3.82. The lowest BCUT2D eigenvalue weighted by atomic mass is 10.2. The molecule has 5 nitrogen and oxygen atoms in total. The maximum absolute atomic E-state index is 12.8. The summed E-state index contributed by atoms with van der Waals surface area (Å²) in [5.41, 5.74) is 0.696. The third-order valence-electron chi connectivity index (χ3n) is 4.33. The van der Waals surface area contributed by atoms with Gasteiger partial charge >= 0.3 is 0 Å². The zero-order chi connectivity index (χ0) is 19.1. The van der Waals surface area contributed by atoms with Crippen LogP contribution in [0.3, 0.4) is 0 Å². The molecule has 0 N–H and O–H groups in total. The third kappa shape index (κ3) is 3.64. The van der Waals surface area contributed by atoms with E-state index in [4.69, 9.17) is 23.2 Å². The molecule has 0 unspecified atom stereocenters. The first-order valence-electron chi connectivity index (χ1n) is 8.02. The standard InChI is InChI=1S/C17H18Cl2N2O3S2/c1-11-10-13(12(2)25-11)17(22)20-6-8-21(9-7-20)26(23,24)15-5-3-4-14(18)16(15)19/h3-5,10H,6-9H2,1-2H3. The van der Waals surface area contributed by atoms with Gasteiger partial charge < -0.3 is 4.90 Å². The van der Waals surface area contributed by atoms with Gasteiger partial charge in [-0.2, -0.15) is 4.31 Å². The first kappa shape index (κ1) is 19.6. The molecule has 140 valence electrons. The van der Waals surface area contributed by atoms with Crippen LogP contribution < -0.4 is 0 Å². The number of hydrogen-bond acceptors (Lipinski definition) is 4. The van der Waals surface area contributed by atoms with Gasteiger partial charge in [0.15, 0.2) is 0 Å². The molecule has 1 amide bonds. The zero-order valence-electron chi connectivity index (χ0n) is 14.3. The number of nitrogens with zero attached hydrogens (tertiary/aromatic N) is 2. The van der Waals surface area contributed by atoms with Crippen molar-refractivity contribution in [2.24, 2.45) is 0 Å². The van der Waals surface area contributed by atoms with Crippen molar-refractivity contribution < 1.29 is 13.2 Å². The molecule has 0 aliphatic carbocycles. The second-order valence-corrected chi connectivity index (χ2v) is 10.2. The number of sulfonamides is 1. The SMILES string of the molecule is Cc1cc(C(=O)N2CCN(S(=O)(=O)c3cccc(Cl)c3Cl)CC2)c(C)s1. The maximum Gasteiger partial charge on any atom is 0.255 e.